The molecule has 0 aliphatic rings. The molecule has 0 saturated carbocycles. The molecule has 0 saturated heterocycles. The van der Waals surface area contributed by atoms with Crippen LogP contribution in [0, 0.1) is 0 Å². The van der Waals surface area contributed by atoms with Gasteiger partial charge < -0.3 is 13.3 Å². The molecule has 0 unspecified atom stereocenters. The topological polar surface area (TPSA) is 40.0 Å². The molecule has 0 aromatic rings. The van der Waals surface area contributed by atoms with E-state index in [2.05, 4.69) is 4.99 Å². The molecule has 0 atom stereocenters. The van der Waals surface area contributed by atoms with Crippen LogP contribution >= 0.6 is 0 Å². The first-order valence-electron chi connectivity index (χ1n) is 5.60. The number of rotatable bonds is 8. The van der Waals surface area contributed by atoms with E-state index in [9.17, 15) is 0 Å². The Labute approximate surface area is 94.0 Å². The summed E-state index contributed by atoms with van der Waals surface area (Å²) < 4.78 is 17.1. The molecule has 0 aromatic carbocycles. The van der Waals surface area contributed by atoms with Crippen LogP contribution in [0.5, 0.6) is 0 Å². The minimum absolute atomic E-state index is 0.586. The van der Waals surface area contributed by atoms with E-state index >= 15 is 0 Å². The Morgan fingerprint density at radius 3 is 1.60 bits per heavy atom. The maximum absolute atomic E-state index is 5.69. The fraction of sp³-hybridized carbons (Fsp3) is 0.900. The zero-order chi connectivity index (χ0) is 11.7. The molecule has 0 radical (unpaired) electrons. The monoisotopic (exact) mass is 233 g/mol. The summed E-state index contributed by atoms with van der Waals surface area (Å²) in [6.07, 6.45) is 0. The molecule has 90 valence electrons. The quantitative estimate of drug-likeness (QED) is 0.476. The lowest BCUT2D eigenvalue weighted by atomic mass is 10.7. The standard InChI is InChI=1S/C10H23NO3Si/c1-6-11-10(5)15(12-7-2,13-8-3)14-9-4/h6-9H2,1-5H3/b11-10+. The van der Waals surface area contributed by atoms with Crippen molar-refractivity contribution in [3.8, 4) is 0 Å². The minimum Gasteiger partial charge on any atom is -0.370 e. The Kier molecular flexibility index (Phi) is 7.86. The molecule has 0 heterocycles. The Balaban J connectivity index is 4.82. The molecule has 4 nitrogen and oxygen atoms in total. The van der Waals surface area contributed by atoms with Crippen molar-refractivity contribution in [2.24, 2.45) is 4.99 Å². The smallest absolute Gasteiger partial charge is 0.370 e. The summed E-state index contributed by atoms with van der Waals surface area (Å²) in [5, 5.41) is 0.871. The van der Waals surface area contributed by atoms with E-state index in [1.54, 1.807) is 0 Å². The van der Waals surface area contributed by atoms with Crippen molar-refractivity contribution in [3.63, 3.8) is 0 Å². The molecule has 5 heteroatoms. The third-order valence-corrected chi connectivity index (χ3v) is 4.89. The van der Waals surface area contributed by atoms with Crippen molar-refractivity contribution in [1.29, 1.82) is 0 Å². The highest BCUT2D eigenvalue weighted by Crippen LogP contribution is 2.12. The Morgan fingerprint density at radius 2 is 1.33 bits per heavy atom. The van der Waals surface area contributed by atoms with Crippen molar-refractivity contribution in [1.82, 2.24) is 0 Å². The van der Waals surface area contributed by atoms with Crippen LogP contribution < -0.4 is 0 Å². The van der Waals surface area contributed by atoms with Crippen LogP contribution in [0.25, 0.3) is 0 Å². The van der Waals surface area contributed by atoms with E-state index in [0.717, 1.165) is 11.9 Å². The minimum atomic E-state index is -2.67. The summed E-state index contributed by atoms with van der Waals surface area (Å²) in [5.41, 5.74) is 0. The van der Waals surface area contributed by atoms with Gasteiger partial charge in [0.2, 0.25) is 0 Å². The van der Waals surface area contributed by atoms with Gasteiger partial charge in [-0.3, -0.25) is 4.99 Å². The second-order valence-corrected chi connectivity index (χ2v) is 5.62. The van der Waals surface area contributed by atoms with Crippen molar-refractivity contribution in [2.45, 2.75) is 34.6 Å². The maximum atomic E-state index is 5.69. The first-order valence-corrected chi connectivity index (χ1v) is 7.32. The lowest BCUT2D eigenvalue weighted by Gasteiger charge is -2.27. The molecule has 0 fully saturated rings. The van der Waals surface area contributed by atoms with Crippen molar-refractivity contribution in [2.75, 3.05) is 26.4 Å². The van der Waals surface area contributed by atoms with E-state index in [4.69, 9.17) is 13.3 Å². The molecule has 0 N–H and O–H groups in total. The van der Waals surface area contributed by atoms with Crippen LogP contribution in [0.15, 0.2) is 4.99 Å². The number of nitrogens with zero attached hydrogens (tertiary/aromatic N) is 1. The van der Waals surface area contributed by atoms with Crippen LogP contribution in [-0.4, -0.2) is 40.5 Å². The van der Waals surface area contributed by atoms with Gasteiger partial charge in [-0.05, 0) is 34.6 Å². The van der Waals surface area contributed by atoms with Gasteiger partial charge in [-0.2, -0.15) is 0 Å². The summed E-state index contributed by atoms with van der Waals surface area (Å²) in [5.74, 6) is 0. The van der Waals surface area contributed by atoms with Gasteiger partial charge >= 0.3 is 8.80 Å². The first-order chi connectivity index (χ1) is 7.16. The molecule has 0 spiro atoms. The summed E-state index contributed by atoms with van der Waals surface area (Å²) in [4.78, 5) is 4.36. The van der Waals surface area contributed by atoms with E-state index in [1.165, 1.54) is 0 Å². The van der Waals surface area contributed by atoms with Gasteiger partial charge in [-0.15, -0.1) is 0 Å². The zero-order valence-electron chi connectivity index (χ0n) is 10.5. The van der Waals surface area contributed by atoms with Crippen LogP contribution in [0.2, 0.25) is 0 Å². The number of aliphatic imine (C=N–C) groups is 1. The van der Waals surface area contributed by atoms with E-state index in [1.807, 2.05) is 34.6 Å². The highest BCUT2D eigenvalue weighted by Gasteiger charge is 2.44. The normalized spacial score (nSPS) is 13.3. The van der Waals surface area contributed by atoms with Crippen LogP contribution in [0.1, 0.15) is 34.6 Å². The van der Waals surface area contributed by atoms with Crippen molar-refractivity contribution in [3.05, 3.63) is 0 Å². The highest BCUT2D eigenvalue weighted by molar-refractivity contribution is 6.93. The SMILES string of the molecule is CC/N=C(\C)[Si](OCC)(OCC)OCC. The predicted octanol–water partition coefficient (Wildman–Crippen LogP) is 2.05. The summed E-state index contributed by atoms with van der Waals surface area (Å²) in [6, 6.07) is 0. The second kappa shape index (κ2) is 7.98. The average molecular weight is 233 g/mol. The lowest BCUT2D eigenvalue weighted by Crippen LogP contribution is -2.53. The van der Waals surface area contributed by atoms with Crippen LogP contribution in [0.3, 0.4) is 0 Å². The van der Waals surface area contributed by atoms with Gasteiger partial charge in [0.25, 0.3) is 0 Å². The molecule has 15 heavy (non-hydrogen) atoms. The largest absolute Gasteiger partial charge is 0.551 e. The zero-order valence-corrected chi connectivity index (χ0v) is 11.5. The predicted molar refractivity (Wildman–Crippen MR) is 64.3 cm³/mol. The van der Waals surface area contributed by atoms with E-state index < -0.39 is 8.80 Å². The molecule has 0 rings (SSSR count). The Bertz CT molecular complexity index is 180. The number of hydrogen-bond donors (Lipinski definition) is 0. The van der Waals surface area contributed by atoms with Crippen LogP contribution in [-0.2, 0) is 13.3 Å². The molecule has 0 amide bonds. The van der Waals surface area contributed by atoms with E-state index in [0.29, 0.717) is 19.8 Å². The fourth-order valence-electron chi connectivity index (χ4n) is 1.34. The van der Waals surface area contributed by atoms with Gasteiger partial charge in [-0.25, -0.2) is 0 Å². The lowest BCUT2D eigenvalue weighted by molar-refractivity contribution is 0.0896. The molecular weight excluding hydrogens is 210 g/mol. The maximum Gasteiger partial charge on any atom is 0.551 e. The molecule has 0 aliphatic heterocycles. The highest BCUT2D eigenvalue weighted by atomic mass is 28.4. The summed E-state index contributed by atoms with van der Waals surface area (Å²) >= 11 is 0. The van der Waals surface area contributed by atoms with Crippen molar-refractivity contribution < 1.29 is 13.3 Å². The summed E-state index contributed by atoms with van der Waals surface area (Å²) in [7, 11) is -2.67. The molecule has 0 aliphatic carbocycles. The van der Waals surface area contributed by atoms with Gasteiger partial charge in [0.1, 0.15) is 0 Å². The third kappa shape index (κ3) is 4.42. The van der Waals surface area contributed by atoms with Gasteiger partial charge in [0, 0.05) is 26.4 Å². The third-order valence-electron chi connectivity index (χ3n) is 1.84. The van der Waals surface area contributed by atoms with Gasteiger partial charge in [0.05, 0.1) is 5.33 Å². The Hall–Kier alpha value is -0.233. The summed E-state index contributed by atoms with van der Waals surface area (Å²) in [6.45, 7) is 12.2. The molecule has 0 aromatic heterocycles. The van der Waals surface area contributed by atoms with E-state index in [-0.39, 0.29) is 0 Å². The van der Waals surface area contributed by atoms with Gasteiger partial charge in [-0.1, -0.05) is 0 Å². The average Bonchev–Trinajstić information content (AvgIpc) is 2.19. The first kappa shape index (κ1) is 14.8. The second-order valence-electron chi connectivity index (χ2n) is 2.91. The number of hydrogen-bond acceptors (Lipinski definition) is 4. The fourth-order valence-corrected chi connectivity index (χ4v) is 3.71. The molecular formula is C10H23NO3Si. The van der Waals surface area contributed by atoms with Gasteiger partial charge in [0.15, 0.2) is 0 Å². The Morgan fingerprint density at radius 1 is 0.933 bits per heavy atom. The van der Waals surface area contributed by atoms with Crippen LogP contribution in [0.4, 0.5) is 0 Å². The van der Waals surface area contributed by atoms with Crippen molar-refractivity contribution >= 4 is 14.1 Å². The molecule has 0 bridgehead atoms.